The molecule has 0 aliphatic carbocycles. The maximum atomic E-state index is 11.2. The topological polar surface area (TPSA) is 81.0 Å². The fourth-order valence-corrected chi connectivity index (χ4v) is 3.03. The van der Waals surface area contributed by atoms with Crippen molar-refractivity contribution < 1.29 is 4.92 Å². The van der Waals surface area contributed by atoms with Crippen molar-refractivity contribution >= 4 is 17.0 Å². The highest BCUT2D eigenvalue weighted by Gasteiger charge is 2.22. The Morgan fingerprint density at radius 1 is 1.43 bits per heavy atom. The van der Waals surface area contributed by atoms with Crippen LogP contribution in [0, 0.1) is 17.0 Å². The highest BCUT2D eigenvalue weighted by atomic mass is 32.1. The minimum absolute atomic E-state index is 0.0758. The fraction of sp³-hybridized carbons (Fsp3) is 0.429. The zero-order chi connectivity index (χ0) is 15.4. The molecule has 0 spiro atoms. The van der Waals surface area contributed by atoms with E-state index < -0.39 is 0 Å². The molecule has 0 radical (unpaired) electrons. The smallest absolute Gasteiger partial charge is 0.279 e. The summed E-state index contributed by atoms with van der Waals surface area (Å²) < 4.78 is 0. The van der Waals surface area contributed by atoms with Crippen molar-refractivity contribution in [1.29, 1.82) is 0 Å². The monoisotopic (exact) mass is 306 g/mol. The van der Waals surface area contributed by atoms with Crippen LogP contribution in [0.15, 0.2) is 18.2 Å². The normalized spacial score (nSPS) is 12.3. The minimum Gasteiger partial charge on any atom is -0.308 e. The summed E-state index contributed by atoms with van der Waals surface area (Å²) in [7, 11) is 0. The SMILES string of the molecule is CCCNC(C)c1nnc(-c2c(C)cccc2[N+](=O)[O-])s1. The molecule has 0 saturated heterocycles. The Hall–Kier alpha value is -1.86. The second kappa shape index (κ2) is 6.73. The molecule has 0 bridgehead atoms. The summed E-state index contributed by atoms with van der Waals surface area (Å²) in [5, 5.41) is 24.3. The van der Waals surface area contributed by atoms with Gasteiger partial charge in [-0.3, -0.25) is 10.1 Å². The molecule has 0 amide bonds. The molecule has 2 rings (SSSR count). The van der Waals surface area contributed by atoms with Gasteiger partial charge >= 0.3 is 0 Å². The van der Waals surface area contributed by atoms with Gasteiger partial charge in [0.2, 0.25) is 0 Å². The van der Waals surface area contributed by atoms with E-state index in [-0.39, 0.29) is 16.7 Å². The molecule has 0 aliphatic rings. The zero-order valence-electron chi connectivity index (χ0n) is 12.3. The Morgan fingerprint density at radius 3 is 2.86 bits per heavy atom. The number of aryl methyl sites for hydroxylation is 1. The van der Waals surface area contributed by atoms with Crippen LogP contribution < -0.4 is 5.32 Å². The van der Waals surface area contributed by atoms with E-state index in [0.717, 1.165) is 23.5 Å². The van der Waals surface area contributed by atoms with Crippen molar-refractivity contribution in [3.05, 3.63) is 38.9 Å². The number of nitrogens with zero attached hydrogens (tertiary/aromatic N) is 3. The van der Waals surface area contributed by atoms with E-state index in [1.807, 2.05) is 19.9 Å². The summed E-state index contributed by atoms with van der Waals surface area (Å²) in [6.07, 6.45) is 1.04. The lowest BCUT2D eigenvalue weighted by molar-refractivity contribution is -0.384. The van der Waals surface area contributed by atoms with Crippen molar-refractivity contribution in [3.63, 3.8) is 0 Å². The summed E-state index contributed by atoms with van der Waals surface area (Å²) in [5.74, 6) is 0. The van der Waals surface area contributed by atoms with Gasteiger partial charge in [0.05, 0.1) is 16.5 Å². The van der Waals surface area contributed by atoms with Gasteiger partial charge in [-0.25, -0.2) is 0 Å². The lowest BCUT2D eigenvalue weighted by atomic mass is 10.1. The third kappa shape index (κ3) is 3.43. The molecular weight excluding hydrogens is 288 g/mol. The first-order valence-corrected chi connectivity index (χ1v) is 7.67. The Labute approximate surface area is 127 Å². The van der Waals surface area contributed by atoms with Gasteiger partial charge in [-0.1, -0.05) is 30.4 Å². The molecule has 21 heavy (non-hydrogen) atoms. The van der Waals surface area contributed by atoms with Crippen LogP contribution in [0.5, 0.6) is 0 Å². The van der Waals surface area contributed by atoms with E-state index in [1.165, 1.54) is 17.4 Å². The van der Waals surface area contributed by atoms with Crippen molar-refractivity contribution in [2.45, 2.75) is 33.2 Å². The van der Waals surface area contributed by atoms with Crippen molar-refractivity contribution in [3.8, 4) is 10.6 Å². The molecule has 1 unspecified atom stereocenters. The molecule has 6 nitrogen and oxygen atoms in total. The third-order valence-corrected chi connectivity index (χ3v) is 4.30. The molecule has 2 aromatic rings. The van der Waals surface area contributed by atoms with Gasteiger partial charge in [0, 0.05) is 6.07 Å². The number of hydrogen-bond donors (Lipinski definition) is 1. The van der Waals surface area contributed by atoms with Crippen LogP contribution in [0.3, 0.4) is 0 Å². The second-order valence-corrected chi connectivity index (χ2v) is 5.86. The number of nitro groups is 1. The fourth-order valence-electron chi connectivity index (χ4n) is 2.04. The van der Waals surface area contributed by atoms with Crippen LogP contribution in [0.25, 0.3) is 10.6 Å². The van der Waals surface area contributed by atoms with Crippen LogP contribution in [0.4, 0.5) is 5.69 Å². The lowest BCUT2D eigenvalue weighted by Crippen LogP contribution is -2.18. The molecule has 1 atom stereocenters. The third-order valence-electron chi connectivity index (χ3n) is 3.17. The number of nitro benzene ring substituents is 1. The summed E-state index contributed by atoms with van der Waals surface area (Å²) in [4.78, 5) is 10.8. The molecule has 0 fully saturated rings. The molecule has 1 heterocycles. The van der Waals surface area contributed by atoms with Gasteiger partial charge in [0.1, 0.15) is 5.01 Å². The molecule has 0 aliphatic heterocycles. The van der Waals surface area contributed by atoms with Crippen LogP contribution in [0.2, 0.25) is 0 Å². The first-order chi connectivity index (χ1) is 10.0. The number of benzene rings is 1. The Morgan fingerprint density at radius 2 is 2.19 bits per heavy atom. The van der Waals surface area contributed by atoms with E-state index in [2.05, 4.69) is 22.4 Å². The molecule has 1 N–H and O–H groups in total. The van der Waals surface area contributed by atoms with E-state index >= 15 is 0 Å². The highest BCUT2D eigenvalue weighted by molar-refractivity contribution is 7.14. The first-order valence-electron chi connectivity index (χ1n) is 6.85. The average molecular weight is 306 g/mol. The molecule has 1 aromatic heterocycles. The number of rotatable bonds is 6. The van der Waals surface area contributed by atoms with Gasteiger partial charge in [-0.05, 0) is 32.4 Å². The van der Waals surface area contributed by atoms with Crippen LogP contribution in [-0.2, 0) is 0 Å². The largest absolute Gasteiger partial charge is 0.308 e. The number of nitrogens with one attached hydrogen (secondary N) is 1. The zero-order valence-corrected chi connectivity index (χ0v) is 13.1. The van der Waals surface area contributed by atoms with E-state index in [0.29, 0.717) is 10.6 Å². The van der Waals surface area contributed by atoms with Gasteiger partial charge in [0.15, 0.2) is 5.01 Å². The molecule has 0 saturated carbocycles. The van der Waals surface area contributed by atoms with E-state index in [4.69, 9.17) is 0 Å². The van der Waals surface area contributed by atoms with E-state index in [1.54, 1.807) is 6.07 Å². The van der Waals surface area contributed by atoms with Crippen molar-refractivity contribution in [1.82, 2.24) is 15.5 Å². The van der Waals surface area contributed by atoms with Gasteiger partial charge in [0.25, 0.3) is 5.69 Å². The van der Waals surface area contributed by atoms with E-state index in [9.17, 15) is 10.1 Å². The molecule has 112 valence electrons. The van der Waals surface area contributed by atoms with Crippen LogP contribution in [0.1, 0.15) is 36.9 Å². The predicted molar refractivity (Wildman–Crippen MR) is 83.4 cm³/mol. The van der Waals surface area contributed by atoms with Gasteiger partial charge in [-0.2, -0.15) is 0 Å². The van der Waals surface area contributed by atoms with Crippen molar-refractivity contribution in [2.75, 3.05) is 6.54 Å². The van der Waals surface area contributed by atoms with Gasteiger partial charge in [-0.15, -0.1) is 10.2 Å². The Kier molecular flexibility index (Phi) is 4.98. The highest BCUT2D eigenvalue weighted by Crippen LogP contribution is 2.35. The van der Waals surface area contributed by atoms with Crippen molar-refractivity contribution in [2.24, 2.45) is 0 Å². The maximum Gasteiger partial charge on any atom is 0.279 e. The second-order valence-electron chi connectivity index (χ2n) is 4.85. The number of hydrogen-bond acceptors (Lipinski definition) is 6. The number of aromatic nitrogens is 2. The first kappa shape index (κ1) is 15.5. The standard InChI is InChI=1S/C14H18N4O2S/c1-4-8-15-10(3)13-16-17-14(21-13)12-9(2)6-5-7-11(12)18(19)20/h5-7,10,15H,4,8H2,1-3H3. The summed E-state index contributed by atoms with van der Waals surface area (Å²) in [5.41, 5.74) is 1.47. The molecular formula is C14H18N4O2S. The summed E-state index contributed by atoms with van der Waals surface area (Å²) in [6.45, 7) is 6.87. The maximum absolute atomic E-state index is 11.2. The summed E-state index contributed by atoms with van der Waals surface area (Å²) >= 11 is 1.40. The quantitative estimate of drug-likeness (QED) is 0.652. The Balaban J connectivity index is 2.36. The molecule has 1 aromatic carbocycles. The molecule has 7 heteroatoms. The predicted octanol–water partition coefficient (Wildman–Crippen LogP) is 3.48. The van der Waals surface area contributed by atoms with Gasteiger partial charge < -0.3 is 5.32 Å². The minimum atomic E-state index is -0.373. The van der Waals surface area contributed by atoms with Crippen LogP contribution >= 0.6 is 11.3 Å². The summed E-state index contributed by atoms with van der Waals surface area (Å²) in [6, 6.07) is 5.13. The Bertz CT molecular complexity index is 642. The average Bonchev–Trinajstić information content (AvgIpc) is 2.93. The lowest BCUT2D eigenvalue weighted by Gasteiger charge is -2.08. The van der Waals surface area contributed by atoms with Crippen LogP contribution in [-0.4, -0.2) is 21.7 Å².